The van der Waals surface area contributed by atoms with Crippen LogP contribution in [0.2, 0.25) is 0 Å². The summed E-state index contributed by atoms with van der Waals surface area (Å²) < 4.78 is 0. The minimum Gasteiger partial charge on any atom is -0.480 e. The van der Waals surface area contributed by atoms with Gasteiger partial charge in [-0.3, -0.25) is 14.4 Å². The summed E-state index contributed by atoms with van der Waals surface area (Å²) in [5.41, 5.74) is 6.05. The fraction of sp³-hybridized carbons (Fsp3) is 0.500. The van der Waals surface area contributed by atoms with Gasteiger partial charge < -0.3 is 42.1 Å². The van der Waals surface area contributed by atoms with E-state index >= 15 is 0 Å². The molecular formula is C20H30N4O8. The molecule has 1 rings (SSSR count). The molecule has 0 radical (unpaired) electrons. The molecule has 178 valence electrons. The average Bonchev–Trinajstić information content (AvgIpc) is 2.74. The topological polar surface area (TPSA) is 211 Å². The highest BCUT2D eigenvalue weighted by Gasteiger charge is 2.33. The summed E-state index contributed by atoms with van der Waals surface area (Å²) in [6, 6.07) is 2.78. The van der Waals surface area contributed by atoms with Crippen LogP contribution >= 0.6 is 0 Å². The number of carboxylic acids is 1. The number of amides is 3. The lowest BCUT2D eigenvalue weighted by molar-refractivity contribution is -0.145. The molecule has 0 spiro atoms. The number of nitrogens with two attached hydrogens (primary N) is 1. The van der Waals surface area contributed by atoms with Crippen molar-refractivity contribution in [1.29, 1.82) is 0 Å². The van der Waals surface area contributed by atoms with Gasteiger partial charge in [0.1, 0.15) is 18.1 Å². The summed E-state index contributed by atoms with van der Waals surface area (Å²) in [5.74, 6) is -4.18. The molecule has 0 bridgehead atoms. The number of aliphatic hydroxyl groups excluding tert-OH is 3. The zero-order valence-corrected chi connectivity index (χ0v) is 17.8. The molecule has 12 heteroatoms. The lowest BCUT2D eigenvalue weighted by atomic mass is 10.0. The van der Waals surface area contributed by atoms with E-state index in [1.807, 2.05) is 0 Å². The first-order valence-corrected chi connectivity index (χ1v) is 9.88. The number of nitrogens with one attached hydrogen (secondary N) is 3. The van der Waals surface area contributed by atoms with Crippen LogP contribution in [0.5, 0.6) is 0 Å². The molecule has 0 saturated carbocycles. The summed E-state index contributed by atoms with van der Waals surface area (Å²) in [7, 11) is 0. The summed E-state index contributed by atoms with van der Waals surface area (Å²) in [4.78, 5) is 48.8. The Morgan fingerprint density at radius 2 is 1.41 bits per heavy atom. The third kappa shape index (κ3) is 8.23. The first-order valence-electron chi connectivity index (χ1n) is 9.88. The van der Waals surface area contributed by atoms with Crippen LogP contribution in [0.4, 0.5) is 0 Å². The van der Waals surface area contributed by atoms with Crippen molar-refractivity contribution in [2.45, 2.75) is 56.6 Å². The van der Waals surface area contributed by atoms with Crippen LogP contribution in [-0.4, -0.2) is 87.1 Å². The second-order valence-electron chi connectivity index (χ2n) is 7.33. The quantitative estimate of drug-likeness (QED) is 0.160. The predicted octanol–water partition coefficient (Wildman–Crippen LogP) is -3.15. The Bertz CT molecular complexity index is 787. The molecule has 9 N–H and O–H groups in total. The largest absolute Gasteiger partial charge is 0.480 e. The average molecular weight is 454 g/mol. The van der Waals surface area contributed by atoms with Gasteiger partial charge in [0.25, 0.3) is 0 Å². The molecule has 0 aliphatic heterocycles. The van der Waals surface area contributed by atoms with Crippen LogP contribution in [-0.2, 0) is 25.6 Å². The van der Waals surface area contributed by atoms with Gasteiger partial charge in [-0.2, -0.15) is 0 Å². The van der Waals surface area contributed by atoms with Gasteiger partial charge in [0, 0.05) is 6.42 Å². The number of carbonyl (C=O) groups is 4. The van der Waals surface area contributed by atoms with E-state index in [0.29, 0.717) is 5.56 Å². The first kappa shape index (κ1) is 27.0. The molecule has 0 aromatic heterocycles. The molecule has 1 aromatic rings. The molecule has 32 heavy (non-hydrogen) atoms. The molecule has 1 aromatic carbocycles. The zero-order valence-electron chi connectivity index (χ0n) is 17.8. The van der Waals surface area contributed by atoms with Gasteiger partial charge in [-0.1, -0.05) is 30.3 Å². The highest BCUT2D eigenvalue weighted by Crippen LogP contribution is 2.06. The highest BCUT2D eigenvalue weighted by molar-refractivity contribution is 5.94. The van der Waals surface area contributed by atoms with E-state index in [0.717, 1.165) is 0 Å². The molecule has 12 nitrogen and oxygen atoms in total. The van der Waals surface area contributed by atoms with Crippen molar-refractivity contribution in [3.05, 3.63) is 35.9 Å². The third-order valence-electron chi connectivity index (χ3n) is 4.56. The number of benzene rings is 1. The Morgan fingerprint density at radius 1 is 0.875 bits per heavy atom. The van der Waals surface area contributed by atoms with E-state index in [-0.39, 0.29) is 6.42 Å². The van der Waals surface area contributed by atoms with Crippen molar-refractivity contribution >= 4 is 23.7 Å². The number of aliphatic hydroxyl groups is 3. The maximum atomic E-state index is 12.8. The van der Waals surface area contributed by atoms with Gasteiger partial charge in [0.2, 0.25) is 17.7 Å². The number of hydrogen-bond acceptors (Lipinski definition) is 8. The van der Waals surface area contributed by atoms with Crippen LogP contribution < -0.4 is 21.7 Å². The molecule has 0 fully saturated rings. The number of carboxylic acid groups (broad SMARTS) is 1. The van der Waals surface area contributed by atoms with Gasteiger partial charge in [-0.05, 0) is 19.4 Å². The fourth-order valence-corrected chi connectivity index (χ4v) is 2.71. The van der Waals surface area contributed by atoms with Crippen LogP contribution in [0.15, 0.2) is 30.3 Å². The molecule has 0 heterocycles. The summed E-state index contributed by atoms with van der Waals surface area (Å²) in [6.07, 6.45) is -2.83. The van der Waals surface area contributed by atoms with E-state index < -0.39 is 66.7 Å². The van der Waals surface area contributed by atoms with Crippen molar-refractivity contribution in [1.82, 2.24) is 16.0 Å². The monoisotopic (exact) mass is 454 g/mol. The SMILES string of the molecule is CC(O)C(NC(=O)C(Cc1ccccc1)NC(=O)C(NC(=O)C(N)CO)C(C)O)C(=O)O. The van der Waals surface area contributed by atoms with Crippen molar-refractivity contribution in [3.8, 4) is 0 Å². The van der Waals surface area contributed by atoms with Gasteiger partial charge in [-0.25, -0.2) is 4.79 Å². The van der Waals surface area contributed by atoms with Gasteiger partial charge >= 0.3 is 5.97 Å². The van der Waals surface area contributed by atoms with E-state index in [2.05, 4.69) is 16.0 Å². The Balaban J connectivity index is 3.09. The Labute approximate surface area is 184 Å². The van der Waals surface area contributed by atoms with Gasteiger partial charge in [-0.15, -0.1) is 0 Å². The number of aliphatic carboxylic acids is 1. The van der Waals surface area contributed by atoms with Crippen LogP contribution in [0, 0.1) is 0 Å². The standard InChI is InChI=1S/C20H30N4O8/c1-10(26)15(23-17(28)13(21)9-25)19(30)22-14(8-12-6-4-3-5-7-12)18(29)24-16(11(2)27)20(31)32/h3-7,10-11,13-16,25-27H,8-9,21H2,1-2H3,(H,22,30)(H,23,28)(H,24,29)(H,31,32). The van der Waals surface area contributed by atoms with Gasteiger partial charge in [0.05, 0.1) is 18.8 Å². The molecule has 0 aliphatic carbocycles. The molecule has 0 aliphatic rings. The second kappa shape index (κ2) is 12.7. The first-order chi connectivity index (χ1) is 15.0. The molecule has 6 atom stereocenters. The van der Waals surface area contributed by atoms with Crippen molar-refractivity contribution in [2.75, 3.05) is 6.61 Å². The van der Waals surface area contributed by atoms with E-state index in [9.17, 15) is 34.5 Å². The fourth-order valence-electron chi connectivity index (χ4n) is 2.71. The third-order valence-corrected chi connectivity index (χ3v) is 4.56. The predicted molar refractivity (Wildman–Crippen MR) is 112 cm³/mol. The lowest BCUT2D eigenvalue weighted by Crippen LogP contribution is -2.61. The van der Waals surface area contributed by atoms with Crippen LogP contribution in [0.25, 0.3) is 0 Å². The van der Waals surface area contributed by atoms with Crippen molar-refractivity contribution in [3.63, 3.8) is 0 Å². The number of hydrogen-bond donors (Lipinski definition) is 8. The van der Waals surface area contributed by atoms with Crippen molar-refractivity contribution in [2.24, 2.45) is 5.73 Å². The Hall–Kier alpha value is -3.06. The number of rotatable bonds is 12. The molecule has 0 saturated heterocycles. The molecule has 6 unspecified atom stereocenters. The molecule has 3 amide bonds. The smallest absolute Gasteiger partial charge is 0.328 e. The van der Waals surface area contributed by atoms with E-state index in [4.69, 9.17) is 10.8 Å². The van der Waals surface area contributed by atoms with E-state index in [1.54, 1.807) is 30.3 Å². The lowest BCUT2D eigenvalue weighted by Gasteiger charge is -2.26. The van der Waals surface area contributed by atoms with Crippen LogP contribution in [0.3, 0.4) is 0 Å². The van der Waals surface area contributed by atoms with Gasteiger partial charge in [0.15, 0.2) is 6.04 Å². The normalized spacial score (nSPS) is 16.6. The minimum absolute atomic E-state index is 0.0405. The maximum Gasteiger partial charge on any atom is 0.328 e. The highest BCUT2D eigenvalue weighted by atomic mass is 16.4. The van der Waals surface area contributed by atoms with Crippen molar-refractivity contribution < 1.29 is 39.6 Å². The summed E-state index contributed by atoms with van der Waals surface area (Å²) in [5, 5.41) is 44.5. The van der Waals surface area contributed by atoms with Crippen LogP contribution in [0.1, 0.15) is 19.4 Å². The zero-order chi connectivity index (χ0) is 24.4. The van der Waals surface area contributed by atoms with E-state index in [1.165, 1.54) is 13.8 Å². The molecular weight excluding hydrogens is 424 g/mol. The Kier molecular flexibility index (Phi) is 10.7. The number of carbonyl (C=O) groups excluding carboxylic acids is 3. The summed E-state index contributed by atoms with van der Waals surface area (Å²) in [6.45, 7) is 1.73. The Morgan fingerprint density at radius 3 is 1.88 bits per heavy atom. The minimum atomic E-state index is -1.62. The summed E-state index contributed by atoms with van der Waals surface area (Å²) >= 11 is 0. The maximum absolute atomic E-state index is 12.8. The second-order valence-corrected chi connectivity index (χ2v) is 7.33.